The molecule has 0 radical (unpaired) electrons. The lowest BCUT2D eigenvalue weighted by atomic mass is 10.1. The summed E-state index contributed by atoms with van der Waals surface area (Å²) >= 11 is 0. The van der Waals surface area contributed by atoms with Crippen LogP contribution >= 0.6 is 0 Å². The van der Waals surface area contributed by atoms with E-state index >= 15 is 0 Å². The maximum Gasteiger partial charge on any atom is 0.343 e. The van der Waals surface area contributed by atoms with Gasteiger partial charge in [-0.2, -0.15) is 0 Å². The number of esters is 1. The molecule has 1 aliphatic rings. The van der Waals surface area contributed by atoms with Crippen molar-refractivity contribution in [3.05, 3.63) is 94.5 Å². The molecule has 6 nitrogen and oxygen atoms in total. The van der Waals surface area contributed by atoms with Crippen molar-refractivity contribution in [2.24, 2.45) is 0 Å². The van der Waals surface area contributed by atoms with E-state index in [4.69, 9.17) is 4.74 Å². The molecule has 1 aliphatic heterocycles. The van der Waals surface area contributed by atoms with E-state index in [0.717, 1.165) is 10.5 Å². The lowest BCUT2D eigenvalue weighted by Gasteiger charge is -2.16. The van der Waals surface area contributed by atoms with Gasteiger partial charge in [0.15, 0.2) is 5.78 Å². The zero-order valence-electron chi connectivity index (χ0n) is 16.3. The summed E-state index contributed by atoms with van der Waals surface area (Å²) in [5, 5.41) is 0. The van der Waals surface area contributed by atoms with Crippen LogP contribution in [-0.2, 0) is 0 Å². The second kappa shape index (κ2) is 7.40. The number of Topliss-reactive ketones (excluding diaryl/α,β-unsaturated/α-hetero) is 1. The number of benzene rings is 3. The van der Waals surface area contributed by atoms with Crippen molar-refractivity contribution in [3.63, 3.8) is 0 Å². The lowest BCUT2D eigenvalue weighted by Crippen LogP contribution is -2.29. The standard InChI is InChI=1S/C24H17NO5/c1-14-5-3-4-6-21(14)25-22(27)19-12-9-17(13-20(19)23(25)28)24(29)30-18-10-7-16(8-11-18)15(2)26/h3-13H,1-2H3. The molecule has 0 spiro atoms. The molecule has 6 heteroatoms. The summed E-state index contributed by atoms with van der Waals surface area (Å²) in [4.78, 5) is 50.7. The minimum atomic E-state index is -0.664. The Morgan fingerprint density at radius 2 is 1.43 bits per heavy atom. The number of imide groups is 1. The van der Waals surface area contributed by atoms with Gasteiger partial charge < -0.3 is 4.74 Å². The van der Waals surface area contributed by atoms with Crippen molar-refractivity contribution >= 4 is 29.3 Å². The predicted octanol–water partition coefficient (Wildman–Crippen LogP) is 4.22. The van der Waals surface area contributed by atoms with Crippen LogP contribution < -0.4 is 9.64 Å². The number of hydrogen-bond donors (Lipinski definition) is 0. The summed E-state index contributed by atoms with van der Waals surface area (Å²) < 4.78 is 5.33. The highest BCUT2D eigenvalue weighted by Crippen LogP contribution is 2.31. The van der Waals surface area contributed by atoms with Gasteiger partial charge in [0, 0.05) is 5.56 Å². The minimum absolute atomic E-state index is 0.0899. The van der Waals surface area contributed by atoms with E-state index in [0.29, 0.717) is 11.3 Å². The van der Waals surface area contributed by atoms with Crippen LogP contribution in [0.15, 0.2) is 66.7 Å². The molecule has 0 saturated heterocycles. The number of ketones is 1. The van der Waals surface area contributed by atoms with E-state index in [2.05, 4.69) is 0 Å². The number of carbonyl (C=O) groups is 4. The summed E-state index contributed by atoms with van der Waals surface area (Å²) in [6, 6.07) is 17.6. The van der Waals surface area contributed by atoms with Crippen molar-refractivity contribution in [1.82, 2.24) is 0 Å². The molecule has 148 valence electrons. The van der Waals surface area contributed by atoms with Gasteiger partial charge in [0.1, 0.15) is 5.75 Å². The first kappa shape index (κ1) is 19.3. The van der Waals surface area contributed by atoms with Gasteiger partial charge in [-0.3, -0.25) is 14.4 Å². The van der Waals surface area contributed by atoms with Crippen LogP contribution in [0.2, 0.25) is 0 Å². The largest absolute Gasteiger partial charge is 0.423 e. The first-order chi connectivity index (χ1) is 14.4. The Balaban J connectivity index is 1.60. The Bertz CT molecular complexity index is 1210. The van der Waals surface area contributed by atoms with E-state index in [1.807, 2.05) is 19.1 Å². The molecular weight excluding hydrogens is 382 g/mol. The Morgan fingerprint density at radius 3 is 2.10 bits per heavy atom. The molecule has 3 aromatic carbocycles. The quantitative estimate of drug-likeness (QED) is 0.284. The number of carbonyl (C=O) groups excluding carboxylic acids is 4. The van der Waals surface area contributed by atoms with Crippen LogP contribution in [0.3, 0.4) is 0 Å². The molecule has 0 aliphatic carbocycles. The third-order valence-corrected chi connectivity index (χ3v) is 4.95. The van der Waals surface area contributed by atoms with Gasteiger partial charge in [0.2, 0.25) is 0 Å². The highest BCUT2D eigenvalue weighted by Gasteiger charge is 2.37. The number of nitrogens with zero attached hydrogens (tertiary/aromatic N) is 1. The third kappa shape index (κ3) is 3.28. The van der Waals surface area contributed by atoms with Crippen LogP contribution in [0.25, 0.3) is 0 Å². The first-order valence-electron chi connectivity index (χ1n) is 9.28. The van der Waals surface area contributed by atoms with E-state index in [-0.39, 0.29) is 28.2 Å². The van der Waals surface area contributed by atoms with E-state index in [9.17, 15) is 19.2 Å². The van der Waals surface area contributed by atoms with Crippen LogP contribution in [0.5, 0.6) is 5.75 Å². The van der Waals surface area contributed by atoms with Crippen molar-refractivity contribution in [1.29, 1.82) is 0 Å². The Morgan fingerprint density at radius 1 is 0.800 bits per heavy atom. The molecule has 0 atom stereocenters. The zero-order valence-corrected chi connectivity index (χ0v) is 16.3. The fourth-order valence-electron chi connectivity index (χ4n) is 3.32. The van der Waals surface area contributed by atoms with Crippen LogP contribution in [-0.4, -0.2) is 23.6 Å². The van der Waals surface area contributed by atoms with Gasteiger partial charge in [-0.25, -0.2) is 9.69 Å². The maximum absolute atomic E-state index is 12.9. The van der Waals surface area contributed by atoms with E-state index in [1.54, 1.807) is 24.3 Å². The smallest absolute Gasteiger partial charge is 0.343 e. The normalized spacial score (nSPS) is 12.7. The Kier molecular flexibility index (Phi) is 4.75. The van der Waals surface area contributed by atoms with E-state index < -0.39 is 17.8 Å². The second-order valence-electron chi connectivity index (χ2n) is 6.96. The molecule has 1 heterocycles. The van der Waals surface area contributed by atoms with Crippen LogP contribution in [0, 0.1) is 6.92 Å². The average Bonchev–Trinajstić information content (AvgIpc) is 2.98. The number of amides is 2. The summed E-state index contributed by atoms with van der Waals surface area (Å²) in [6.45, 7) is 3.27. The van der Waals surface area contributed by atoms with Crippen molar-refractivity contribution in [2.75, 3.05) is 4.90 Å². The molecule has 0 bridgehead atoms. The molecule has 0 N–H and O–H groups in total. The van der Waals surface area contributed by atoms with Gasteiger partial charge in [0.05, 0.1) is 22.4 Å². The zero-order chi connectivity index (χ0) is 21.4. The molecule has 0 aromatic heterocycles. The van der Waals surface area contributed by atoms with Crippen LogP contribution in [0.4, 0.5) is 5.69 Å². The maximum atomic E-state index is 12.9. The molecule has 0 saturated carbocycles. The van der Waals surface area contributed by atoms with Crippen molar-refractivity contribution in [2.45, 2.75) is 13.8 Å². The number of fused-ring (bicyclic) bond motifs is 1. The fourth-order valence-corrected chi connectivity index (χ4v) is 3.32. The minimum Gasteiger partial charge on any atom is -0.423 e. The Hall–Kier alpha value is -4.06. The van der Waals surface area contributed by atoms with Gasteiger partial charge in [-0.1, -0.05) is 18.2 Å². The van der Waals surface area contributed by atoms with Crippen molar-refractivity contribution in [3.8, 4) is 5.75 Å². The monoisotopic (exact) mass is 399 g/mol. The summed E-state index contributed by atoms with van der Waals surface area (Å²) in [5.74, 6) is -1.39. The van der Waals surface area contributed by atoms with Crippen molar-refractivity contribution < 1.29 is 23.9 Å². The predicted molar refractivity (Wildman–Crippen MR) is 110 cm³/mol. The first-order valence-corrected chi connectivity index (χ1v) is 9.28. The van der Waals surface area contributed by atoms with E-state index in [1.165, 1.54) is 37.3 Å². The summed E-state index contributed by atoms with van der Waals surface area (Å²) in [5.41, 5.74) is 2.36. The second-order valence-corrected chi connectivity index (χ2v) is 6.96. The molecule has 0 fully saturated rings. The number of para-hydroxylation sites is 1. The average molecular weight is 399 g/mol. The number of anilines is 1. The van der Waals surface area contributed by atoms with Crippen LogP contribution in [0.1, 0.15) is 53.9 Å². The van der Waals surface area contributed by atoms with Gasteiger partial charge >= 0.3 is 5.97 Å². The molecule has 3 aromatic rings. The van der Waals surface area contributed by atoms with Gasteiger partial charge in [-0.15, -0.1) is 0 Å². The molecule has 0 unspecified atom stereocenters. The van der Waals surface area contributed by atoms with Gasteiger partial charge in [0.25, 0.3) is 11.8 Å². The molecule has 30 heavy (non-hydrogen) atoms. The molecule has 2 amide bonds. The van der Waals surface area contributed by atoms with Gasteiger partial charge in [-0.05, 0) is 67.9 Å². The molecule has 4 rings (SSSR count). The molecular formula is C24H17NO5. The SMILES string of the molecule is CC(=O)c1ccc(OC(=O)c2ccc3c(c2)C(=O)N(c2ccccc2C)C3=O)cc1. The Labute approximate surface area is 172 Å². The number of ether oxygens (including phenoxy) is 1. The number of rotatable bonds is 4. The summed E-state index contributed by atoms with van der Waals surface area (Å²) in [6.07, 6.45) is 0. The topological polar surface area (TPSA) is 80.8 Å². The lowest BCUT2D eigenvalue weighted by molar-refractivity contribution is 0.0734. The highest BCUT2D eigenvalue weighted by molar-refractivity contribution is 6.35. The number of aryl methyl sites for hydroxylation is 1. The fraction of sp³-hybridized carbons (Fsp3) is 0.0833. The highest BCUT2D eigenvalue weighted by atomic mass is 16.5. The third-order valence-electron chi connectivity index (χ3n) is 4.95. The number of hydrogen-bond acceptors (Lipinski definition) is 5. The summed E-state index contributed by atoms with van der Waals surface area (Å²) in [7, 11) is 0.